The first-order valence-electron chi connectivity index (χ1n) is 9.76. The number of benzene rings is 2. The minimum atomic E-state index is -3.56. The van der Waals surface area contributed by atoms with Crippen molar-refractivity contribution in [3.63, 3.8) is 0 Å². The highest BCUT2D eigenvalue weighted by Gasteiger charge is 2.19. The van der Waals surface area contributed by atoms with Crippen LogP contribution in [0.4, 0.5) is 0 Å². The normalized spacial score (nSPS) is 11.6. The molecule has 0 bridgehead atoms. The number of aromatic nitrogens is 4. The van der Waals surface area contributed by atoms with E-state index in [9.17, 15) is 8.42 Å². The Morgan fingerprint density at radius 3 is 2.50 bits per heavy atom. The van der Waals surface area contributed by atoms with Crippen LogP contribution in [0.2, 0.25) is 5.02 Å². The molecule has 0 saturated heterocycles. The van der Waals surface area contributed by atoms with E-state index < -0.39 is 10.0 Å². The molecule has 0 atom stereocenters. The van der Waals surface area contributed by atoms with Gasteiger partial charge in [0.2, 0.25) is 10.0 Å². The highest BCUT2D eigenvalue weighted by atomic mass is 35.5. The van der Waals surface area contributed by atoms with Crippen molar-refractivity contribution in [1.82, 2.24) is 24.5 Å². The summed E-state index contributed by atoms with van der Waals surface area (Å²) in [4.78, 5) is 4.31. The van der Waals surface area contributed by atoms with Crippen LogP contribution in [0.1, 0.15) is 5.56 Å². The van der Waals surface area contributed by atoms with Gasteiger partial charge in [-0.2, -0.15) is 0 Å². The molecule has 0 amide bonds. The molecule has 0 unspecified atom stereocenters. The Kier molecular flexibility index (Phi) is 6.90. The number of hydrogen-bond acceptors (Lipinski definition) is 6. The van der Waals surface area contributed by atoms with Crippen molar-refractivity contribution in [2.24, 2.45) is 0 Å². The molecule has 0 aliphatic heterocycles. The van der Waals surface area contributed by atoms with Crippen LogP contribution in [0.25, 0.3) is 17.1 Å². The Morgan fingerprint density at radius 1 is 1.00 bits per heavy atom. The van der Waals surface area contributed by atoms with Gasteiger partial charge in [0.05, 0.1) is 10.6 Å². The molecule has 4 aromatic rings. The van der Waals surface area contributed by atoms with Crippen LogP contribution in [0, 0.1) is 6.92 Å². The van der Waals surface area contributed by atoms with Crippen LogP contribution in [0.15, 0.2) is 83.1 Å². The molecular formula is C22H20ClN5O2S2. The Labute approximate surface area is 195 Å². The molecule has 2 aromatic carbocycles. The quantitative estimate of drug-likeness (QED) is 0.294. The molecule has 1 N–H and O–H groups in total. The van der Waals surface area contributed by atoms with Crippen molar-refractivity contribution in [2.75, 3.05) is 12.3 Å². The lowest BCUT2D eigenvalue weighted by molar-refractivity contribution is 0.584. The number of nitrogens with one attached hydrogen (secondary N) is 1. The number of hydrogen-bond donors (Lipinski definition) is 1. The number of sulfonamides is 1. The molecule has 2 heterocycles. The fourth-order valence-corrected chi connectivity index (χ4v) is 5.26. The zero-order valence-electron chi connectivity index (χ0n) is 17.1. The van der Waals surface area contributed by atoms with E-state index in [4.69, 9.17) is 11.6 Å². The summed E-state index contributed by atoms with van der Waals surface area (Å²) in [6.07, 6.45) is 3.40. The lowest BCUT2D eigenvalue weighted by atomic mass is 10.2. The standard InChI is InChI=1S/C22H20ClN5O2S2/c1-16-19(23)8-5-9-20(16)28-21(17-10-12-24-13-11-17)26-27-22(28)31-15-14-25-32(29,30)18-6-3-2-4-7-18/h2-13,25H,14-15H2,1H3. The van der Waals surface area contributed by atoms with E-state index >= 15 is 0 Å². The highest BCUT2D eigenvalue weighted by Crippen LogP contribution is 2.31. The number of pyridine rings is 1. The Bertz CT molecular complexity index is 1310. The Morgan fingerprint density at radius 2 is 1.75 bits per heavy atom. The lowest BCUT2D eigenvalue weighted by Crippen LogP contribution is -2.26. The lowest BCUT2D eigenvalue weighted by Gasteiger charge is -2.14. The average molecular weight is 486 g/mol. The molecule has 164 valence electrons. The van der Waals surface area contributed by atoms with E-state index in [-0.39, 0.29) is 11.4 Å². The summed E-state index contributed by atoms with van der Waals surface area (Å²) in [7, 11) is -3.56. The first kappa shape index (κ1) is 22.5. The summed E-state index contributed by atoms with van der Waals surface area (Å²) in [5, 5.41) is 10.0. The zero-order valence-corrected chi connectivity index (χ0v) is 19.5. The predicted octanol–water partition coefficient (Wildman–Crippen LogP) is 4.36. The van der Waals surface area contributed by atoms with Gasteiger partial charge >= 0.3 is 0 Å². The van der Waals surface area contributed by atoms with Gasteiger partial charge < -0.3 is 0 Å². The number of nitrogens with zero attached hydrogens (tertiary/aromatic N) is 4. The molecule has 2 aromatic heterocycles. The summed E-state index contributed by atoms with van der Waals surface area (Å²) < 4.78 is 29.4. The topological polar surface area (TPSA) is 89.8 Å². The monoisotopic (exact) mass is 485 g/mol. The highest BCUT2D eigenvalue weighted by molar-refractivity contribution is 7.99. The summed E-state index contributed by atoms with van der Waals surface area (Å²) in [5.41, 5.74) is 2.63. The first-order valence-corrected chi connectivity index (χ1v) is 12.6. The van der Waals surface area contributed by atoms with E-state index in [1.54, 1.807) is 42.7 Å². The Hall–Kier alpha value is -2.72. The van der Waals surface area contributed by atoms with Crippen LogP contribution in [0.5, 0.6) is 0 Å². The number of rotatable bonds is 8. The molecule has 0 aliphatic carbocycles. The van der Waals surface area contributed by atoms with Crippen LogP contribution < -0.4 is 4.72 Å². The number of thioether (sulfide) groups is 1. The van der Waals surface area contributed by atoms with Gasteiger partial charge in [-0.3, -0.25) is 9.55 Å². The van der Waals surface area contributed by atoms with E-state index in [1.807, 2.05) is 41.8 Å². The van der Waals surface area contributed by atoms with Gasteiger partial charge in [-0.15, -0.1) is 10.2 Å². The third-order valence-corrected chi connectivity index (χ3v) is 7.55. The van der Waals surface area contributed by atoms with E-state index in [0.717, 1.165) is 16.8 Å². The third kappa shape index (κ3) is 4.86. The van der Waals surface area contributed by atoms with Gasteiger partial charge in [-0.05, 0) is 48.9 Å². The van der Waals surface area contributed by atoms with Crippen LogP contribution >= 0.6 is 23.4 Å². The SMILES string of the molecule is Cc1c(Cl)cccc1-n1c(SCCNS(=O)(=O)c2ccccc2)nnc1-c1ccncc1. The molecule has 0 saturated carbocycles. The van der Waals surface area contributed by atoms with Crippen LogP contribution in [-0.4, -0.2) is 40.5 Å². The van der Waals surface area contributed by atoms with Crippen molar-refractivity contribution in [2.45, 2.75) is 17.0 Å². The molecule has 32 heavy (non-hydrogen) atoms. The van der Waals surface area contributed by atoms with Gasteiger partial charge in [-0.25, -0.2) is 13.1 Å². The molecule has 10 heteroatoms. The minimum Gasteiger partial charge on any atom is -0.270 e. The average Bonchev–Trinajstić information content (AvgIpc) is 3.23. The van der Waals surface area contributed by atoms with Crippen molar-refractivity contribution in [1.29, 1.82) is 0 Å². The van der Waals surface area contributed by atoms with Crippen molar-refractivity contribution in [3.05, 3.63) is 83.6 Å². The smallest absolute Gasteiger partial charge is 0.240 e. The molecule has 0 spiro atoms. The zero-order chi connectivity index (χ0) is 22.6. The maximum Gasteiger partial charge on any atom is 0.240 e. The van der Waals surface area contributed by atoms with Crippen LogP contribution in [0.3, 0.4) is 0 Å². The van der Waals surface area contributed by atoms with Gasteiger partial charge in [0.1, 0.15) is 0 Å². The van der Waals surface area contributed by atoms with Gasteiger partial charge in [-0.1, -0.05) is 47.6 Å². The van der Waals surface area contributed by atoms with Crippen LogP contribution in [-0.2, 0) is 10.0 Å². The molecule has 0 radical (unpaired) electrons. The summed E-state index contributed by atoms with van der Waals surface area (Å²) in [5.74, 6) is 1.13. The molecule has 7 nitrogen and oxygen atoms in total. The van der Waals surface area contributed by atoms with Gasteiger partial charge in [0.25, 0.3) is 0 Å². The van der Waals surface area contributed by atoms with Crippen molar-refractivity contribution in [3.8, 4) is 17.1 Å². The van der Waals surface area contributed by atoms with E-state index in [0.29, 0.717) is 21.8 Å². The first-order chi connectivity index (χ1) is 15.5. The second-order valence-electron chi connectivity index (χ2n) is 6.82. The van der Waals surface area contributed by atoms with E-state index in [1.165, 1.54) is 11.8 Å². The summed E-state index contributed by atoms with van der Waals surface area (Å²) in [6.45, 7) is 2.18. The third-order valence-electron chi connectivity index (χ3n) is 4.73. The van der Waals surface area contributed by atoms with Crippen molar-refractivity contribution < 1.29 is 8.42 Å². The predicted molar refractivity (Wildman–Crippen MR) is 127 cm³/mol. The fourth-order valence-electron chi connectivity index (χ4n) is 3.11. The van der Waals surface area contributed by atoms with Crippen molar-refractivity contribution >= 4 is 33.4 Å². The summed E-state index contributed by atoms with van der Waals surface area (Å²) >= 11 is 7.78. The number of halogens is 1. The fraction of sp³-hybridized carbons (Fsp3) is 0.136. The second kappa shape index (κ2) is 9.83. The van der Waals surface area contributed by atoms with E-state index in [2.05, 4.69) is 19.9 Å². The molecular weight excluding hydrogens is 466 g/mol. The maximum absolute atomic E-state index is 12.4. The largest absolute Gasteiger partial charge is 0.270 e. The Balaban J connectivity index is 1.58. The molecule has 4 rings (SSSR count). The minimum absolute atomic E-state index is 0.239. The maximum atomic E-state index is 12.4. The molecule has 0 fully saturated rings. The second-order valence-corrected chi connectivity index (χ2v) is 10.1. The summed E-state index contributed by atoms with van der Waals surface area (Å²) in [6, 6.07) is 17.7. The van der Waals surface area contributed by atoms with Gasteiger partial charge in [0, 0.05) is 35.3 Å². The molecule has 0 aliphatic rings. The van der Waals surface area contributed by atoms with Gasteiger partial charge in [0.15, 0.2) is 11.0 Å².